The molecule has 2 amide bonds. The third-order valence-corrected chi connectivity index (χ3v) is 4.31. The van der Waals surface area contributed by atoms with Crippen molar-refractivity contribution in [2.75, 3.05) is 5.32 Å². The SMILES string of the molecule is Cc1cc(CNC(=O)Nc2ccccc2CO)ccc1Oc1ccnc(C(=O)O)c1. The number of nitrogens with zero attached hydrogens (tertiary/aromatic N) is 1. The van der Waals surface area contributed by atoms with E-state index in [4.69, 9.17) is 9.84 Å². The number of carboxylic acids is 1. The molecule has 0 atom stereocenters. The molecule has 1 aromatic heterocycles. The number of aliphatic hydroxyl groups is 1. The number of anilines is 1. The average Bonchev–Trinajstić information content (AvgIpc) is 2.74. The summed E-state index contributed by atoms with van der Waals surface area (Å²) in [5.41, 5.74) is 2.78. The van der Waals surface area contributed by atoms with Gasteiger partial charge >= 0.3 is 12.0 Å². The Morgan fingerprint density at radius 3 is 2.63 bits per heavy atom. The molecule has 0 spiro atoms. The number of carbonyl (C=O) groups excluding carboxylic acids is 1. The molecule has 3 aromatic rings. The molecule has 0 saturated heterocycles. The second-order valence-corrected chi connectivity index (χ2v) is 6.51. The average molecular weight is 407 g/mol. The summed E-state index contributed by atoms with van der Waals surface area (Å²) in [6.45, 7) is 1.99. The van der Waals surface area contributed by atoms with Crippen LogP contribution in [0.25, 0.3) is 0 Å². The molecular weight excluding hydrogens is 386 g/mol. The lowest BCUT2D eigenvalue weighted by Crippen LogP contribution is -2.28. The highest BCUT2D eigenvalue weighted by Gasteiger charge is 2.09. The molecule has 0 bridgehead atoms. The van der Waals surface area contributed by atoms with Gasteiger partial charge in [0.2, 0.25) is 0 Å². The Bertz CT molecular complexity index is 1070. The van der Waals surface area contributed by atoms with E-state index in [1.54, 1.807) is 36.4 Å². The molecule has 1 heterocycles. The molecule has 0 aliphatic rings. The summed E-state index contributed by atoms with van der Waals surface area (Å²) in [5, 5.41) is 23.8. The maximum atomic E-state index is 12.2. The molecule has 0 aliphatic heterocycles. The topological polar surface area (TPSA) is 121 Å². The summed E-state index contributed by atoms with van der Waals surface area (Å²) in [4.78, 5) is 26.9. The summed E-state index contributed by atoms with van der Waals surface area (Å²) < 4.78 is 5.76. The van der Waals surface area contributed by atoms with Crippen LogP contribution in [0.1, 0.15) is 27.2 Å². The minimum absolute atomic E-state index is 0.0974. The number of aryl methyl sites for hydroxylation is 1. The van der Waals surface area contributed by atoms with Gasteiger partial charge in [-0.1, -0.05) is 30.3 Å². The largest absolute Gasteiger partial charge is 0.477 e. The maximum absolute atomic E-state index is 12.2. The second-order valence-electron chi connectivity index (χ2n) is 6.51. The van der Waals surface area contributed by atoms with Crippen LogP contribution in [0.4, 0.5) is 10.5 Å². The fourth-order valence-electron chi connectivity index (χ4n) is 2.78. The van der Waals surface area contributed by atoms with Gasteiger partial charge in [0.05, 0.1) is 6.61 Å². The Kier molecular flexibility index (Phi) is 6.61. The molecule has 4 N–H and O–H groups in total. The smallest absolute Gasteiger partial charge is 0.354 e. The number of carboxylic acid groups (broad SMARTS) is 1. The van der Waals surface area contributed by atoms with Gasteiger partial charge in [-0.2, -0.15) is 0 Å². The molecule has 3 rings (SSSR count). The molecule has 30 heavy (non-hydrogen) atoms. The predicted octanol–water partition coefficient (Wildman–Crippen LogP) is 3.69. The number of aromatic carboxylic acids is 1. The number of nitrogens with one attached hydrogen (secondary N) is 2. The molecule has 2 aromatic carbocycles. The molecule has 154 valence electrons. The van der Waals surface area contributed by atoms with Crippen molar-refractivity contribution < 1.29 is 24.5 Å². The molecule has 0 radical (unpaired) electrons. The van der Waals surface area contributed by atoms with E-state index in [0.717, 1.165) is 11.1 Å². The van der Waals surface area contributed by atoms with Crippen LogP contribution in [-0.4, -0.2) is 27.2 Å². The number of urea groups is 1. The Labute approximate surface area is 173 Å². The van der Waals surface area contributed by atoms with E-state index in [2.05, 4.69) is 15.6 Å². The third kappa shape index (κ3) is 5.33. The van der Waals surface area contributed by atoms with Crippen LogP contribution in [0, 0.1) is 6.92 Å². The summed E-state index contributed by atoms with van der Waals surface area (Å²) in [5.74, 6) is -0.181. The van der Waals surface area contributed by atoms with E-state index in [0.29, 0.717) is 29.3 Å². The summed E-state index contributed by atoms with van der Waals surface area (Å²) in [7, 11) is 0. The number of rotatable bonds is 7. The molecule has 0 fully saturated rings. The Hall–Kier alpha value is -3.91. The highest BCUT2D eigenvalue weighted by molar-refractivity contribution is 5.90. The summed E-state index contributed by atoms with van der Waals surface area (Å²) in [6, 6.07) is 15.0. The van der Waals surface area contributed by atoms with Gasteiger partial charge < -0.3 is 25.6 Å². The van der Waals surface area contributed by atoms with Crippen LogP contribution in [0.15, 0.2) is 60.8 Å². The Balaban J connectivity index is 1.60. The number of benzene rings is 2. The molecule has 0 unspecified atom stereocenters. The van der Waals surface area contributed by atoms with E-state index < -0.39 is 5.97 Å². The summed E-state index contributed by atoms with van der Waals surface area (Å²) >= 11 is 0. The minimum atomic E-state index is -1.13. The first-order valence-electron chi connectivity index (χ1n) is 9.16. The number of hydrogen-bond donors (Lipinski definition) is 4. The van der Waals surface area contributed by atoms with Crippen LogP contribution in [0.5, 0.6) is 11.5 Å². The number of para-hydroxylation sites is 1. The molecule has 8 heteroatoms. The normalized spacial score (nSPS) is 10.3. The van der Waals surface area contributed by atoms with Crippen molar-refractivity contribution >= 4 is 17.7 Å². The highest BCUT2D eigenvalue weighted by atomic mass is 16.5. The van der Waals surface area contributed by atoms with Crippen molar-refractivity contribution in [1.82, 2.24) is 10.3 Å². The number of ether oxygens (including phenoxy) is 1. The predicted molar refractivity (Wildman–Crippen MR) is 111 cm³/mol. The zero-order valence-corrected chi connectivity index (χ0v) is 16.3. The Morgan fingerprint density at radius 1 is 1.10 bits per heavy atom. The number of hydrogen-bond acceptors (Lipinski definition) is 5. The van der Waals surface area contributed by atoms with E-state index in [9.17, 15) is 14.7 Å². The first-order valence-corrected chi connectivity index (χ1v) is 9.16. The van der Waals surface area contributed by atoms with Crippen LogP contribution >= 0.6 is 0 Å². The lowest BCUT2D eigenvalue weighted by molar-refractivity contribution is 0.0690. The van der Waals surface area contributed by atoms with Crippen molar-refractivity contribution in [3.63, 3.8) is 0 Å². The first kappa shape index (κ1) is 20.8. The van der Waals surface area contributed by atoms with E-state index >= 15 is 0 Å². The number of amides is 2. The van der Waals surface area contributed by atoms with Gasteiger partial charge in [0, 0.05) is 30.1 Å². The number of aromatic nitrogens is 1. The number of aliphatic hydroxyl groups excluding tert-OH is 1. The van der Waals surface area contributed by atoms with Gasteiger partial charge in [-0.05, 0) is 36.2 Å². The van der Waals surface area contributed by atoms with E-state index in [-0.39, 0.29) is 18.3 Å². The maximum Gasteiger partial charge on any atom is 0.354 e. The van der Waals surface area contributed by atoms with Gasteiger partial charge in [0.15, 0.2) is 5.69 Å². The second kappa shape index (κ2) is 9.53. The molecule has 0 aliphatic carbocycles. The fraction of sp³-hybridized carbons (Fsp3) is 0.136. The molecule has 0 saturated carbocycles. The summed E-state index contributed by atoms with van der Waals surface area (Å²) in [6.07, 6.45) is 1.37. The van der Waals surface area contributed by atoms with Crippen LogP contribution in [0.2, 0.25) is 0 Å². The van der Waals surface area contributed by atoms with E-state index in [1.807, 2.05) is 19.1 Å². The first-order chi connectivity index (χ1) is 14.5. The van der Waals surface area contributed by atoms with Gasteiger partial charge in [0.25, 0.3) is 0 Å². The van der Waals surface area contributed by atoms with Crippen molar-refractivity contribution in [1.29, 1.82) is 0 Å². The lowest BCUT2D eigenvalue weighted by atomic mass is 10.1. The Morgan fingerprint density at radius 2 is 1.90 bits per heavy atom. The van der Waals surface area contributed by atoms with Gasteiger partial charge in [-0.25, -0.2) is 14.6 Å². The monoisotopic (exact) mass is 407 g/mol. The van der Waals surface area contributed by atoms with Gasteiger partial charge in [-0.3, -0.25) is 0 Å². The number of pyridine rings is 1. The molecular formula is C22H21N3O5. The van der Waals surface area contributed by atoms with Gasteiger partial charge in [-0.15, -0.1) is 0 Å². The lowest BCUT2D eigenvalue weighted by Gasteiger charge is -2.12. The van der Waals surface area contributed by atoms with E-state index in [1.165, 1.54) is 12.3 Å². The zero-order chi connectivity index (χ0) is 21.5. The van der Waals surface area contributed by atoms with Crippen LogP contribution in [-0.2, 0) is 13.2 Å². The highest BCUT2D eigenvalue weighted by Crippen LogP contribution is 2.26. The van der Waals surface area contributed by atoms with Crippen molar-refractivity contribution in [2.45, 2.75) is 20.1 Å². The van der Waals surface area contributed by atoms with Crippen molar-refractivity contribution in [2.24, 2.45) is 0 Å². The molecule has 8 nitrogen and oxygen atoms in total. The minimum Gasteiger partial charge on any atom is -0.477 e. The van der Waals surface area contributed by atoms with Crippen LogP contribution in [0.3, 0.4) is 0 Å². The van der Waals surface area contributed by atoms with Crippen LogP contribution < -0.4 is 15.4 Å². The standard InChI is InChI=1S/C22H21N3O5/c1-14-10-15(12-24-22(29)25-18-5-3-2-4-16(18)13-26)6-7-20(14)30-17-8-9-23-19(11-17)21(27)28/h2-11,26H,12-13H2,1H3,(H,27,28)(H2,24,25,29). The van der Waals surface area contributed by atoms with Gasteiger partial charge in [0.1, 0.15) is 11.5 Å². The fourth-order valence-corrected chi connectivity index (χ4v) is 2.78. The van der Waals surface area contributed by atoms with Crippen molar-refractivity contribution in [3.8, 4) is 11.5 Å². The van der Waals surface area contributed by atoms with Crippen molar-refractivity contribution in [3.05, 3.63) is 83.2 Å². The number of carbonyl (C=O) groups is 2. The quantitative estimate of drug-likeness (QED) is 0.474. The third-order valence-electron chi connectivity index (χ3n) is 4.31. The zero-order valence-electron chi connectivity index (χ0n) is 16.3.